The molecule has 0 bridgehead atoms. The van der Waals surface area contributed by atoms with E-state index in [9.17, 15) is 19.7 Å². The number of nitro groups is 1. The van der Waals surface area contributed by atoms with Gasteiger partial charge < -0.3 is 9.13 Å². The van der Waals surface area contributed by atoms with Crippen molar-refractivity contribution in [2.45, 2.75) is 0 Å². The van der Waals surface area contributed by atoms with Crippen molar-refractivity contribution in [3.63, 3.8) is 0 Å². The van der Waals surface area contributed by atoms with Crippen molar-refractivity contribution < 1.29 is 14.5 Å². The van der Waals surface area contributed by atoms with Crippen LogP contribution in [0.4, 0.5) is 5.69 Å². The van der Waals surface area contributed by atoms with Crippen LogP contribution in [0.5, 0.6) is 0 Å². The zero-order chi connectivity index (χ0) is 22.0. The summed E-state index contributed by atoms with van der Waals surface area (Å²) in [5.41, 5.74) is 3.24. The largest absolute Gasteiger partial charge is 0.350 e. The van der Waals surface area contributed by atoms with Gasteiger partial charge in [0.1, 0.15) is 0 Å². The number of carbonyl (C=O) groups is 2. The molecule has 5 rings (SSSR count). The standard InChI is InChI=1S/C22H15BrN4O4/c1-25-9-15(13-5-3-11(23)7-17(13)25)19-20(22(29)24-21(19)28)16-10-26(2)18-8-12(27(30)31)4-6-14(16)18/h3-10H,1-2H3,(H,24,28,29). The molecule has 9 heteroatoms. The van der Waals surface area contributed by atoms with Gasteiger partial charge in [-0.3, -0.25) is 25.0 Å². The van der Waals surface area contributed by atoms with Crippen LogP contribution in [-0.4, -0.2) is 25.9 Å². The molecule has 4 aromatic rings. The Hall–Kier alpha value is -3.72. The lowest BCUT2D eigenvalue weighted by Gasteiger charge is -2.03. The van der Waals surface area contributed by atoms with Crippen LogP contribution in [0.15, 0.2) is 53.3 Å². The third-order valence-corrected chi connectivity index (χ3v) is 6.10. The normalized spacial score (nSPS) is 14.2. The van der Waals surface area contributed by atoms with E-state index in [0.29, 0.717) is 27.6 Å². The molecular formula is C22H15BrN4O4. The number of aryl methyl sites for hydroxylation is 2. The second-order valence-corrected chi connectivity index (χ2v) is 8.38. The van der Waals surface area contributed by atoms with Gasteiger partial charge in [-0.15, -0.1) is 0 Å². The van der Waals surface area contributed by atoms with Crippen molar-refractivity contribution in [3.05, 3.63) is 74.5 Å². The Kier molecular flexibility index (Phi) is 4.13. The van der Waals surface area contributed by atoms with Crippen LogP contribution in [0.2, 0.25) is 0 Å². The van der Waals surface area contributed by atoms with Gasteiger partial charge in [0, 0.05) is 70.5 Å². The first-order valence-electron chi connectivity index (χ1n) is 9.35. The Morgan fingerprint density at radius 3 is 1.94 bits per heavy atom. The number of benzene rings is 2. The highest BCUT2D eigenvalue weighted by molar-refractivity contribution is 9.10. The minimum atomic E-state index is -0.486. The number of carbonyl (C=O) groups excluding carboxylic acids is 2. The minimum absolute atomic E-state index is 0.0407. The van der Waals surface area contributed by atoms with E-state index < -0.39 is 16.7 Å². The molecule has 0 saturated carbocycles. The quantitative estimate of drug-likeness (QED) is 0.274. The molecule has 0 aliphatic carbocycles. The molecule has 0 atom stereocenters. The minimum Gasteiger partial charge on any atom is -0.350 e. The maximum atomic E-state index is 12.9. The van der Waals surface area contributed by atoms with Gasteiger partial charge >= 0.3 is 0 Å². The fraction of sp³-hybridized carbons (Fsp3) is 0.0909. The average Bonchev–Trinajstić information content (AvgIpc) is 3.32. The first-order valence-corrected chi connectivity index (χ1v) is 10.1. The van der Waals surface area contributed by atoms with Crippen LogP contribution in [0.25, 0.3) is 33.0 Å². The number of imide groups is 1. The summed E-state index contributed by atoms with van der Waals surface area (Å²) in [4.78, 5) is 36.5. The Labute approximate surface area is 184 Å². The highest BCUT2D eigenvalue weighted by Gasteiger charge is 2.35. The Balaban J connectivity index is 1.83. The van der Waals surface area contributed by atoms with Gasteiger partial charge in [-0.2, -0.15) is 0 Å². The van der Waals surface area contributed by atoms with Crippen molar-refractivity contribution in [2.24, 2.45) is 14.1 Å². The maximum absolute atomic E-state index is 12.9. The van der Waals surface area contributed by atoms with Gasteiger partial charge in [0.25, 0.3) is 17.5 Å². The number of aromatic nitrogens is 2. The third-order valence-electron chi connectivity index (χ3n) is 5.61. The van der Waals surface area contributed by atoms with Gasteiger partial charge in [0.2, 0.25) is 0 Å². The van der Waals surface area contributed by atoms with Crippen molar-refractivity contribution >= 4 is 66.4 Å². The van der Waals surface area contributed by atoms with Gasteiger partial charge in [0.15, 0.2) is 0 Å². The van der Waals surface area contributed by atoms with Gasteiger partial charge in [-0.1, -0.05) is 22.0 Å². The van der Waals surface area contributed by atoms with E-state index in [4.69, 9.17) is 0 Å². The van der Waals surface area contributed by atoms with Crippen LogP contribution < -0.4 is 5.32 Å². The van der Waals surface area contributed by atoms with Crippen molar-refractivity contribution in [3.8, 4) is 0 Å². The number of rotatable bonds is 3. The van der Waals surface area contributed by atoms with E-state index in [1.807, 2.05) is 36.0 Å². The predicted molar refractivity (Wildman–Crippen MR) is 120 cm³/mol. The lowest BCUT2D eigenvalue weighted by atomic mass is 9.95. The molecule has 1 aliphatic heterocycles. The summed E-state index contributed by atoms with van der Waals surface area (Å²) < 4.78 is 4.53. The molecule has 2 aromatic carbocycles. The topological polar surface area (TPSA) is 99.2 Å². The zero-order valence-electron chi connectivity index (χ0n) is 16.5. The summed E-state index contributed by atoms with van der Waals surface area (Å²) in [5.74, 6) is -0.950. The summed E-state index contributed by atoms with van der Waals surface area (Å²) in [6, 6.07) is 10.2. The lowest BCUT2D eigenvalue weighted by molar-refractivity contribution is -0.384. The van der Waals surface area contributed by atoms with Gasteiger partial charge in [-0.25, -0.2) is 0 Å². The predicted octanol–water partition coefficient (Wildman–Crippen LogP) is 3.91. The molecule has 2 amide bonds. The van der Waals surface area contributed by atoms with Gasteiger partial charge in [-0.05, 0) is 18.2 Å². The second kappa shape index (κ2) is 6.64. The molecule has 1 N–H and O–H groups in total. The number of hydrogen-bond donors (Lipinski definition) is 1. The molecule has 0 spiro atoms. The van der Waals surface area contributed by atoms with E-state index in [2.05, 4.69) is 21.2 Å². The molecule has 31 heavy (non-hydrogen) atoms. The smallest absolute Gasteiger partial charge is 0.271 e. The number of halogens is 1. The van der Waals surface area contributed by atoms with Crippen LogP contribution >= 0.6 is 15.9 Å². The Bertz CT molecular complexity index is 1510. The molecule has 0 unspecified atom stereocenters. The van der Waals surface area contributed by atoms with Crippen LogP contribution in [-0.2, 0) is 23.7 Å². The average molecular weight is 479 g/mol. The van der Waals surface area contributed by atoms with Crippen molar-refractivity contribution in [1.82, 2.24) is 14.5 Å². The SMILES string of the molecule is Cn1cc(C2=C(c3cn(C)c4cc([N+](=O)[O-])ccc34)C(=O)NC2=O)c2ccc(Br)cc21. The van der Waals surface area contributed by atoms with Crippen molar-refractivity contribution in [2.75, 3.05) is 0 Å². The fourth-order valence-corrected chi connectivity index (χ4v) is 4.56. The van der Waals surface area contributed by atoms with Crippen LogP contribution in [0.1, 0.15) is 11.1 Å². The molecule has 3 heterocycles. The molecule has 1 aliphatic rings. The first kappa shape index (κ1) is 19.3. The van der Waals surface area contributed by atoms with E-state index in [0.717, 1.165) is 15.4 Å². The van der Waals surface area contributed by atoms with E-state index in [-0.39, 0.29) is 11.3 Å². The van der Waals surface area contributed by atoms with E-state index in [1.54, 1.807) is 23.9 Å². The first-order chi connectivity index (χ1) is 14.8. The molecule has 0 fully saturated rings. The molecule has 0 saturated heterocycles. The Morgan fingerprint density at radius 2 is 1.39 bits per heavy atom. The Morgan fingerprint density at radius 1 is 0.871 bits per heavy atom. The monoisotopic (exact) mass is 478 g/mol. The fourth-order valence-electron chi connectivity index (χ4n) is 4.21. The highest BCUT2D eigenvalue weighted by atomic mass is 79.9. The lowest BCUT2D eigenvalue weighted by Crippen LogP contribution is -2.22. The van der Waals surface area contributed by atoms with Gasteiger partial charge in [0.05, 0.1) is 21.6 Å². The molecule has 0 radical (unpaired) electrons. The number of fused-ring (bicyclic) bond motifs is 2. The van der Waals surface area contributed by atoms with Crippen molar-refractivity contribution in [1.29, 1.82) is 0 Å². The summed E-state index contributed by atoms with van der Waals surface area (Å²) >= 11 is 3.47. The van der Waals surface area contributed by atoms with E-state index >= 15 is 0 Å². The number of non-ortho nitro benzene ring substituents is 1. The second-order valence-electron chi connectivity index (χ2n) is 7.46. The van der Waals surface area contributed by atoms with E-state index in [1.165, 1.54) is 12.1 Å². The molecule has 2 aromatic heterocycles. The van der Waals surface area contributed by atoms with Crippen LogP contribution in [0.3, 0.4) is 0 Å². The number of nitro benzene ring substituents is 1. The number of amides is 2. The summed E-state index contributed by atoms with van der Waals surface area (Å²) in [6.07, 6.45) is 3.56. The zero-order valence-corrected chi connectivity index (χ0v) is 18.1. The number of nitrogens with zero attached hydrogens (tertiary/aromatic N) is 3. The molecule has 154 valence electrons. The third kappa shape index (κ3) is 2.81. The molecule has 8 nitrogen and oxygen atoms in total. The highest BCUT2D eigenvalue weighted by Crippen LogP contribution is 2.39. The summed E-state index contributed by atoms with van der Waals surface area (Å²) in [5, 5.41) is 15.1. The number of nitrogens with one attached hydrogen (secondary N) is 1. The summed E-state index contributed by atoms with van der Waals surface area (Å²) in [6.45, 7) is 0. The number of hydrogen-bond acceptors (Lipinski definition) is 4. The van der Waals surface area contributed by atoms with Crippen LogP contribution in [0, 0.1) is 10.1 Å². The maximum Gasteiger partial charge on any atom is 0.271 e. The summed E-state index contributed by atoms with van der Waals surface area (Å²) in [7, 11) is 3.63. The molecular weight excluding hydrogens is 464 g/mol.